The largest absolute Gasteiger partial charge is 0.370 e. The highest BCUT2D eigenvalue weighted by atomic mass is 32.2. The molecule has 2 N–H and O–H groups in total. The summed E-state index contributed by atoms with van der Waals surface area (Å²) in [5.74, 6) is 4.97. The highest BCUT2D eigenvalue weighted by Crippen LogP contribution is 2.13. The molecular formula is C13H24N4S. The van der Waals surface area contributed by atoms with Gasteiger partial charge in [0.2, 0.25) is 0 Å². The fourth-order valence-corrected chi connectivity index (χ4v) is 2.45. The number of anilines is 2. The fourth-order valence-electron chi connectivity index (χ4n) is 1.64. The van der Waals surface area contributed by atoms with Crippen molar-refractivity contribution in [1.29, 1.82) is 0 Å². The second kappa shape index (κ2) is 8.19. The Bertz CT molecular complexity index is 357. The molecule has 1 heterocycles. The van der Waals surface area contributed by atoms with E-state index in [1.807, 2.05) is 24.8 Å². The van der Waals surface area contributed by atoms with E-state index in [1.54, 1.807) is 0 Å². The molecule has 0 aliphatic carbocycles. The Balaban J connectivity index is 2.54. The molecule has 0 bridgehead atoms. The number of nitrogens with zero attached hydrogens (tertiary/aromatic N) is 2. The monoisotopic (exact) mass is 268 g/mol. The van der Waals surface area contributed by atoms with Gasteiger partial charge in [0.15, 0.2) is 0 Å². The first-order chi connectivity index (χ1) is 8.65. The molecule has 102 valence electrons. The topological polar surface area (TPSA) is 49.8 Å². The second-order valence-electron chi connectivity index (χ2n) is 4.25. The molecule has 4 nitrogen and oxygen atoms in total. The Morgan fingerprint density at radius 3 is 2.67 bits per heavy atom. The van der Waals surface area contributed by atoms with E-state index in [1.165, 1.54) is 11.5 Å². The van der Waals surface area contributed by atoms with Gasteiger partial charge in [0.05, 0.1) is 0 Å². The van der Waals surface area contributed by atoms with Crippen molar-refractivity contribution in [2.45, 2.75) is 40.2 Å². The van der Waals surface area contributed by atoms with Crippen molar-refractivity contribution >= 4 is 23.4 Å². The number of nitrogens with one attached hydrogen (secondary N) is 2. The lowest BCUT2D eigenvalue weighted by atomic mass is 10.2. The molecule has 0 saturated heterocycles. The van der Waals surface area contributed by atoms with Crippen LogP contribution < -0.4 is 10.6 Å². The number of hydrogen-bond acceptors (Lipinski definition) is 5. The van der Waals surface area contributed by atoms with Crippen molar-refractivity contribution in [2.24, 2.45) is 0 Å². The van der Waals surface area contributed by atoms with Gasteiger partial charge in [-0.1, -0.05) is 6.92 Å². The SMILES string of the molecule is CCNc1cc(NC(C)CCSCC)nc(C)n1. The van der Waals surface area contributed by atoms with Crippen LogP contribution in [0.5, 0.6) is 0 Å². The van der Waals surface area contributed by atoms with Gasteiger partial charge in [-0.3, -0.25) is 0 Å². The van der Waals surface area contributed by atoms with Crippen LogP contribution in [0.25, 0.3) is 0 Å². The molecule has 1 atom stereocenters. The van der Waals surface area contributed by atoms with Crippen molar-refractivity contribution in [3.63, 3.8) is 0 Å². The van der Waals surface area contributed by atoms with Gasteiger partial charge in [-0.2, -0.15) is 11.8 Å². The molecule has 1 aromatic heterocycles. The summed E-state index contributed by atoms with van der Waals surface area (Å²) < 4.78 is 0. The molecular weight excluding hydrogens is 244 g/mol. The molecule has 0 radical (unpaired) electrons. The van der Waals surface area contributed by atoms with Crippen molar-refractivity contribution in [1.82, 2.24) is 9.97 Å². The van der Waals surface area contributed by atoms with Gasteiger partial charge in [0.25, 0.3) is 0 Å². The van der Waals surface area contributed by atoms with E-state index in [0.717, 1.165) is 30.4 Å². The Hall–Kier alpha value is -0.970. The van der Waals surface area contributed by atoms with Gasteiger partial charge >= 0.3 is 0 Å². The first-order valence-electron chi connectivity index (χ1n) is 6.59. The summed E-state index contributed by atoms with van der Waals surface area (Å²) in [4.78, 5) is 8.76. The molecule has 1 aromatic rings. The zero-order chi connectivity index (χ0) is 13.4. The van der Waals surface area contributed by atoms with Crippen LogP contribution in [0.1, 0.15) is 33.0 Å². The van der Waals surface area contributed by atoms with Gasteiger partial charge in [0, 0.05) is 18.7 Å². The summed E-state index contributed by atoms with van der Waals surface area (Å²) in [6, 6.07) is 2.41. The molecule has 0 spiro atoms. The van der Waals surface area contributed by atoms with E-state index in [2.05, 4.69) is 41.4 Å². The summed E-state index contributed by atoms with van der Waals surface area (Å²) in [5, 5.41) is 6.66. The zero-order valence-electron chi connectivity index (χ0n) is 11.8. The average Bonchev–Trinajstić information content (AvgIpc) is 2.28. The van der Waals surface area contributed by atoms with Crippen LogP contribution in [0.4, 0.5) is 11.6 Å². The number of aromatic nitrogens is 2. The van der Waals surface area contributed by atoms with Crippen LogP contribution in [0.3, 0.4) is 0 Å². The Labute approximate surface area is 114 Å². The minimum absolute atomic E-state index is 0.438. The number of rotatable bonds is 8. The van der Waals surface area contributed by atoms with E-state index < -0.39 is 0 Å². The van der Waals surface area contributed by atoms with Crippen LogP contribution in [0.2, 0.25) is 0 Å². The lowest BCUT2D eigenvalue weighted by Crippen LogP contribution is -2.17. The van der Waals surface area contributed by atoms with E-state index in [0.29, 0.717) is 6.04 Å². The third kappa shape index (κ3) is 5.58. The molecule has 0 amide bonds. The lowest BCUT2D eigenvalue weighted by Gasteiger charge is -2.15. The van der Waals surface area contributed by atoms with Crippen LogP contribution in [0, 0.1) is 6.92 Å². The Morgan fingerprint density at radius 2 is 2.00 bits per heavy atom. The first kappa shape index (κ1) is 15.1. The van der Waals surface area contributed by atoms with Gasteiger partial charge in [-0.15, -0.1) is 0 Å². The predicted molar refractivity (Wildman–Crippen MR) is 81.6 cm³/mol. The Kier molecular flexibility index (Phi) is 6.86. The highest BCUT2D eigenvalue weighted by molar-refractivity contribution is 7.99. The molecule has 0 aromatic carbocycles. The van der Waals surface area contributed by atoms with Crippen LogP contribution in [-0.4, -0.2) is 34.1 Å². The maximum atomic E-state index is 4.42. The third-order valence-corrected chi connectivity index (χ3v) is 3.42. The van der Waals surface area contributed by atoms with Gasteiger partial charge in [0.1, 0.15) is 17.5 Å². The first-order valence-corrected chi connectivity index (χ1v) is 7.75. The highest BCUT2D eigenvalue weighted by Gasteiger charge is 2.05. The lowest BCUT2D eigenvalue weighted by molar-refractivity contribution is 0.764. The predicted octanol–water partition coefficient (Wildman–Crippen LogP) is 3.16. The van der Waals surface area contributed by atoms with Crippen molar-refractivity contribution in [3.8, 4) is 0 Å². The molecule has 0 saturated carbocycles. The number of hydrogen-bond donors (Lipinski definition) is 2. The second-order valence-corrected chi connectivity index (χ2v) is 5.64. The minimum Gasteiger partial charge on any atom is -0.370 e. The molecule has 5 heteroatoms. The summed E-state index contributed by atoms with van der Waals surface area (Å²) in [6.07, 6.45) is 1.15. The third-order valence-electron chi connectivity index (χ3n) is 2.49. The average molecular weight is 268 g/mol. The molecule has 0 fully saturated rings. The van der Waals surface area contributed by atoms with Crippen molar-refractivity contribution < 1.29 is 0 Å². The van der Waals surface area contributed by atoms with Crippen molar-refractivity contribution in [2.75, 3.05) is 28.7 Å². The standard InChI is InChI=1S/C13H24N4S/c1-5-14-12-9-13(17-11(4)16-12)15-10(3)7-8-18-6-2/h9-10H,5-8H2,1-4H3,(H2,14,15,16,17). The molecule has 18 heavy (non-hydrogen) atoms. The maximum absolute atomic E-state index is 4.42. The van der Waals surface area contributed by atoms with Gasteiger partial charge in [-0.25, -0.2) is 9.97 Å². The summed E-state index contributed by atoms with van der Waals surface area (Å²) in [6.45, 7) is 9.25. The summed E-state index contributed by atoms with van der Waals surface area (Å²) >= 11 is 1.98. The molecule has 1 unspecified atom stereocenters. The number of aryl methyl sites for hydroxylation is 1. The van der Waals surface area contributed by atoms with Gasteiger partial charge in [-0.05, 0) is 38.7 Å². The van der Waals surface area contributed by atoms with Crippen molar-refractivity contribution in [3.05, 3.63) is 11.9 Å². The quantitative estimate of drug-likeness (QED) is 0.709. The van der Waals surface area contributed by atoms with Crippen LogP contribution in [0.15, 0.2) is 6.07 Å². The van der Waals surface area contributed by atoms with Gasteiger partial charge < -0.3 is 10.6 Å². The van der Waals surface area contributed by atoms with E-state index in [9.17, 15) is 0 Å². The molecule has 1 rings (SSSR count). The fraction of sp³-hybridized carbons (Fsp3) is 0.692. The normalized spacial score (nSPS) is 12.2. The summed E-state index contributed by atoms with van der Waals surface area (Å²) in [7, 11) is 0. The number of thioether (sulfide) groups is 1. The van der Waals surface area contributed by atoms with E-state index >= 15 is 0 Å². The molecule has 0 aliphatic heterocycles. The summed E-state index contributed by atoms with van der Waals surface area (Å²) in [5.41, 5.74) is 0. The van der Waals surface area contributed by atoms with Crippen LogP contribution in [-0.2, 0) is 0 Å². The Morgan fingerprint density at radius 1 is 1.28 bits per heavy atom. The minimum atomic E-state index is 0.438. The maximum Gasteiger partial charge on any atom is 0.132 e. The zero-order valence-corrected chi connectivity index (χ0v) is 12.6. The van der Waals surface area contributed by atoms with Crippen LogP contribution >= 0.6 is 11.8 Å². The van der Waals surface area contributed by atoms with E-state index in [-0.39, 0.29) is 0 Å². The molecule has 0 aliphatic rings. The van der Waals surface area contributed by atoms with E-state index in [4.69, 9.17) is 0 Å². The smallest absolute Gasteiger partial charge is 0.132 e.